The van der Waals surface area contributed by atoms with Gasteiger partial charge in [0.1, 0.15) is 0 Å². The van der Waals surface area contributed by atoms with Crippen LogP contribution in [0.1, 0.15) is 29.5 Å². The Kier molecular flexibility index (Phi) is 4.60. The molecule has 2 nitrogen and oxygen atoms in total. The van der Waals surface area contributed by atoms with Crippen molar-refractivity contribution in [1.29, 1.82) is 0 Å². The lowest BCUT2D eigenvalue weighted by Gasteiger charge is -2.42. The highest BCUT2D eigenvalue weighted by molar-refractivity contribution is 5.30. The molecule has 2 heteroatoms. The predicted octanol–water partition coefficient (Wildman–Crippen LogP) is 3.52. The summed E-state index contributed by atoms with van der Waals surface area (Å²) >= 11 is 0. The van der Waals surface area contributed by atoms with E-state index in [0.29, 0.717) is 0 Å². The van der Waals surface area contributed by atoms with Crippen molar-refractivity contribution in [3.8, 4) is 0 Å². The van der Waals surface area contributed by atoms with Gasteiger partial charge in [0.05, 0.1) is 6.61 Å². The van der Waals surface area contributed by atoms with Crippen molar-refractivity contribution in [3.05, 3.63) is 71.3 Å². The number of likely N-dealkylation sites (tertiary alicyclic amines) is 1. The molecule has 1 N–H and O–H groups in total. The van der Waals surface area contributed by atoms with Gasteiger partial charge in [0, 0.05) is 18.5 Å². The number of hydrogen-bond acceptors (Lipinski definition) is 2. The number of nitrogens with zero attached hydrogens (tertiary/aromatic N) is 1. The van der Waals surface area contributed by atoms with E-state index in [1.54, 1.807) is 0 Å². The number of piperidine rings is 1. The maximum absolute atomic E-state index is 10.1. The molecule has 1 aliphatic heterocycles. The van der Waals surface area contributed by atoms with Gasteiger partial charge in [0.25, 0.3) is 0 Å². The van der Waals surface area contributed by atoms with E-state index in [9.17, 15) is 5.11 Å². The van der Waals surface area contributed by atoms with Crippen LogP contribution in [0.5, 0.6) is 0 Å². The average Bonchev–Trinajstić information content (AvgIpc) is 2.56. The Bertz CT molecular complexity index is 593. The van der Waals surface area contributed by atoms with Crippen LogP contribution in [0.3, 0.4) is 0 Å². The summed E-state index contributed by atoms with van der Waals surface area (Å²) in [5.41, 5.74) is 3.79. The van der Waals surface area contributed by atoms with Crippen LogP contribution in [0, 0.1) is 6.92 Å². The van der Waals surface area contributed by atoms with Crippen LogP contribution < -0.4 is 0 Å². The molecule has 0 aliphatic carbocycles. The van der Waals surface area contributed by atoms with E-state index in [-0.39, 0.29) is 12.0 Å². The lowest BCUT2D eigenvalue weighted by atomic mass is 9.74. The van der Waals surface area contributed by atoms with E-state index in [1.165, 1.54) is 16.7 Å². The molecule has 1 aliphatic rings. The Labute approximate surface area is 133 Å². The first-order valence-electron chi connectivity index (χ1n) is 8.16. The summed E-state index contributed by atoms with van der Waals surface area (Å²) in [4.78, 5) is 2.48. The van der Waals surface area contributed by atoms with Crippen LogP contribution in [-0.2, 0) is 12.0 Å². The molecular weight excluding hydrogens is 270 g/mol. The quantitative estimate of drug-likeness (QED) is 0.933. The molecule has 0 radical (unpaired) electrons. The van der Waals surface area contributed by atoms with E-state index in [1.807, 2.05) is 0 Å². The van der Waals surface area contributed by atoms with Gasteiger partial charge in [-0.2, -0.15) is 0 Å². The Morgan fingerprint density at radius 3 is 2.45 bits per heavy atom. The number of hydrogen-bond donors (Lipinski definition) is 1. The maximum Gasteiger partial charge on any atom is 0.0540 e. The normalized spacial score (nSPS) is 22.6. The van der Waals surface area contributed by atoms with E-state index in [4.69, 9.17) is 0 Å². The highest BCUT2D eigenvalue weighted by Crippen LogP contribution is 2.34. The second kappa shape index (κ2) is 6.64. The molecule has 0 amide bonds. The molecule has 1 unspecified atom stereocenters. The second-order valence-corrected chi connectivity index (χ2v) is 6.60. The van der Waals surface area contributed by atoms with E-state index in [0.717, 1.165) is 32.5 Å². The predicted molar refractivity (Wildman–Crippen MR) is 90.9 cm³/mol. The summed E-state index contributed by atoms with van der Waals surface area (Å²) in [6, 6.07) is 19.3. The van der Waals surface area contributed by atoms with Crippen LogP contribution >= 0.6 is 0 Å². The van der Waals surface area contributed by atoms with Crippen molar-refractivity contribution in [2.45, 2.75) is 31.7 Å². The molecule has 1 saturated heterocycles. The molecule has 1 fully saturated rings. The molecule has 2 aromatic carbocycles. The monoisotopic (exact) mass is 295 g/mol. The number of benzene rings is 2. The van der Waals surface area contributed by atoms with E-state index < -0.39 is 0 Å². The first-order valence-corrected chi connectivity index (χ1v) is 8.16. The minimum absolute atomic E-state index is 0.110. The molecular formula is C20H25NO. The van der Waals surface area contributed by atoms with Crippen molar-refractivity contribution in [2.75, 3.05) is 19.7 Å². The smallest absolute Gasteiger partial charge is 0.0540 e. The van der Waals surface area contributed by atoms with Crippen molar-refractivity contribution in [3.63, 3.8) is 0 Å². The number of aryl methyl sites for hydroxylation is 1. The summed E-state index contributed by atoms with van der Waals surface area (Å²) in [7, 11) is 0. The third kappa shape index (κ3) is 3.23. The van der Waals surface area contributed by atoms with Gasteiger partial charge in [-0.25, -0.2) is 0 Å². The molecule has 1 heterocycles. The SMILES string of the molecule is Cc1ccc(C2(CO)CCCN(Cc3ccccc3)C2)cc1. The van der Waals surface area contributed by atoms with Crippen LogP contribution in [0.15, 0.2) is 54.6 Å². The van der Waals surface area contributed by atoms with Crippen LogP contribution in [0.4, 0.5) is 0 Å². The van der Waals surface area contributed by atoms with Crippen molar-refractivity contribution in [2.24, 2.45) is 0 Å². The third-order valence-corrected chi connectivity index (χ3v) is 4.87. The first-order chi connectivity index (χ1) is 10.7. The molecule has 0 aromatic heterocycles. The molecule has 3 rings (SSSR count). The molecule has 1 atom stereocenters. The number of aliphatic hydroxyl groups is 1. The molecule has 0 spiro atoms. The summed E-state index contributed by atoms with van der Waals surface area (Å²) in [6.07, 6.45) is 2.21. The third-order valence-electron chi connectivity index (χ3n) is 4.87. The van der Waals surface area contributed by atoms with Crippen molar-refractivity contribution in [1.82, 2.24) is 4.90 Å². The Hall–Kier alpha value is -1.64. The molecule has 0 saturated carbocycles. The molecule has 22 heavy (non-hydrogen) atoms. The molecule has 2 aromatic rings. The van der Waals surface area contributed by atoms with Gasteiger partial charge >= 0.3 is 0 Å². The zero-order chi connectivity index (χ0) is 15.4. The molecule has 0 bridgehead atoms. The molecule has 116 valence electrons. The fraction of sp³-hybridized carbons (Fsp3) is 0.400. The summed E-state index contributed by atoms with van der Waals surface area (Å²) in [5, 5.41) is 10.1. The van der Waals surface area contributed by atoms with Crippen LogP contribution in [0.25, 0.3) is 0 Å². The first kappa shape index (κ1) is 15.3. The van der Waals surface area contributed by atoms with Gasteiger partial charge < -0.3 is 5.11 Å². The van der Waals surface area contributed by atoms with Gasteiger partial charge in [-0.1, -0.05) is 60.2 Å². The van der Waals surface area contributed by atoms with Gasteiger partial charge in [-0.05, 0) is 37.4 Å². The Balaban J connectivity index is 1.79. The van der Waals surface area contributed by atoms with E-state index >= 15 is 0 Å². The number of aliphatic hydroxyl groups excluding tert-OH is 1. The van der Waals surface area contributed by atoms with Crippen LogP contribution in [-0.4, -0.2) is 29.7 Å². The lowest BCUT2D eigenvalue weighted by Crippen LogP contribution is -2.48. The van der Waals surface area contributed by atoms with Gasteiger partial charge in [0.2, 0.25) is 0 Å². The largest absolute Gasteiger partial charge is 0.395 e. The summed E-state index contributed by atoms with van der Waals surface area (Å²) in [6.45, 7) is 5.34. The second-order valence-electron chi connectivity index (χ2n) is 6.60. The standard InChI is InChI=1S/C20H25NO/c1-17-8-10-19(11-9-17)20(16-22)12-5-13-21(15-20)14-18-6-3-2-4-7-18/h2-4,6-11,22H,5,12-16H2,1H3. The minimum atomic E-state index is -0.110. The zero-order valence-corrected chi connectivity index (χ0v) is 13.3. The van der Waals surface area contributed by atoms with Crippen molar-refractivity contribution >= 4 is 0 Å². The van der Waals surface area contributed by atoms with Gasteiger partial charge in [-0.15, -0.1) is 0 Å². The minimum Gasteiger partial charge on any atom is -0.395 e. The number of rotatable bonds is 4. The van der Waals surface area contributed by atoms with E-state index in [2.05, 4.69) is 66.4 Å². The van der Waals surface area contributed by atoms with Crippen molar-refractivity contribution < 1.29 is 5.11 Å². The zero-order valence-electron chi connectivity index (χ0n) is 13.3. The highest BCUT2D eigenvalue weighted by Gasteiger charge is 2.36. The highest BCUT2D eigenvalue weighted by atomic mass is 16.3. The Morgan fingerprint density at radius 1 is 1.05 bits per heavy atom. The fourth-order valence-electron chi connectivity index (χ4n) is 3.57. The Morgan fingerprint density at radius 2 is 1.77 bits per heavy atom. The topological polar surface area (TPSA) is 23.5 Å². The van der Waals surface area contributed by atoms with Gasteiger partial charge in [-0.3, -0.25) is 4.90 Å². The maximum atomic E-state index is 10.1. The van der Waals surface area contributed by atoms with Crippen LogP contribution in [0.2, 0.25) is 0 Å². The van der Waals surface area contributed by atoms with Gasteiger partial charge in [0.15, 0.2) is 0 Å². The fourth-order valence-corrected chi connectivity index (χ4v) is 3.57. The summed E-state index contributed by atoms with van der Waals surface area (Å²) in [5.74, 6) is 0. The average molecular weight is 295 g/mol. The lowest BCUT2D eigenvalue weighted by molar-refractivity contribution is 0.0850. The summed E-state index contributed by atoms with van der Waals surface area (Å²) < 4.78 is 0.